The normalized spacial score (nSPS) is 15.2. The van der Waals surface area contributed by atoms with Crippen molar-refractivity contribution in [2.75, 3.05) is 26.7 Å². The molecule has 9 heteroatoms. The van der Waals surface area contributed by atoms with Gasteiger partial charge >= 0.3 is 5.97 Å². The summed E-state index contributed by atoms with van der Waals surface area (Å²) in [5.41, 5.74) is 1.17. The predicted octanol–water partition coefficient (Wildman–Crippen LogP) is 5.67. The molecule has 0 radical (unpaired) electrons. The Kier molecular flexibility index (Phi) is 8.52. The number of benzene rings is 2. The molecule has 1 saturated heterocycles. The Hall–Kier alpha value is -3.64. The van der Waals surface area contributed by atoms with Gasteiger partial charge in [-0.1, -0.05) is 11.8 Å². The smallest absolute Gasteiger partial charge is 0.309 e. The number of rotatable bonds is 8. The number of likely N-dealkylation sites (tertiary alicyclic amines) is 1. The Morgan fingerprint density at radius 1 is 1.16 bits per heavy atom. The Balaban J connectivity index is 1.39. The third-order valence-corrected chi connectivity index (χ3v) is 7.29. The standard InChI is InChI=1S/C29H28F4N2O3/c1-38-21-6-7-26-23(16-21)22(20(17-30)18-34-26)5-2-8-29(28(36)37)9-12-35(13-10-29)11-3-4-19-14-24(31)27(33)25(32)15-19/h6-7,14-16,18H,2,5,8-13,17H2,1H3,(H,36,37). The minimum atomic E-state index is -1.53. The van der Waals surface area contributed by atoms with E-state index in [1.807, 2.05) is 17.0 Å². The summed E-state index contributed by atoms with van der Waals surface area (Å²) < 4.78 is 58.9. The van der Waals surface area contributed by atoms with Crippen LogP contribution >= 0.6 is 0 Å². The molecule has 1 aromatic heterocycles. The van der Waals surface area contributed by atoms with E-state index in [-0.39, 0.29) is 5.56 Å². The first kappa shape index (κ1) is 27.4. The Labute approximate surface area is 218 Å². The fourth-order valence-corrected chi connectivity index (χ4v) is 5.00. The minimum Gasteiger partial charge on any atom is -0.497 e. The molecular formula is C29H28F4N2O3. The first-order chi connectivity index (χ1) is 18.3. The van der Waals surface area contributed by atoms with E-state index in [0.717, 1.165) is 28.6 Å². The predicted molar refractivity (Wildman–Crippen MR) is 135 cm³/mol. The number of carbonyl (C=O) groups is 1. The lowest BCUT2D eigenvalue weighted by Crippen LogP contribution is -2.44. The number of hydrogen-bond acceptors (Lipinski definition) is 4. The molecule has 38 heavy (non-hydrogen) atoms. The zero-order valence-corrected chi connectivity index (χ0v) is 21.0. The van der Waals surface area contributed by atoms with Crippen molar-refractivity contribution >= 4 is 16.9 Å². The van der Waals surface area contributed by atoms with Gasteiger partial charge in [0, 0.05) is 35.8 Å². The molecule has 0 bridgehead atoms. The molecule has 0 atom stereocenters. The van der Waals surface area contributed by atoms with E-state index in [4.69, 9.17) is 4.74 Å². The van der Waals surface area contributed by atoms with Crippen molar-refractivity contribution in [3.05, 3.63) is 70.7 Å². The van der Waals surface area contributed by atoms with Crippen LogP contribution < -0.4 is 4.74 Å². The van der Waals surface area contributed by atoms with Gasteiger partial charge in [-0.3, -0.25) is 14.7 Å². The summed E-state index contributed by atoms with van der Waals surface area (Å²) in [7, 11) is 1.56. The number of aryl methyl sites for hydroxylation is 1. The largest absolute Gasteiger partial charge is 0.497 e. The first-order valence-electron chi connectivity index (χ1n) is 12.4. The highest BCUT2D eigenvalue weighted by Crippen LogP contribution is 2.38. The number of aromatic nitrogens is 1. The maximum atomic E-state index is 13.8. The van der Waals surface area contributed by atoms with Crippen molar-refractivity contribution in [2.24, 2.45) is 5.41 Å². The van der Waals surface area contributed by atoms with Gasteiger partial charge in [0.2, 0.25) is 0 Å². The van der Waals surface area contributed by atoms with E-state index < -0.39 is 35.5 Å². The van der Waals surface area contributed by atoms with Gasteiger partial charge in [-0.2, -0.15) is 0 Å². The zero-order chi connectivity index (χ0) is 27.3. The number of carboxylic acid groups (broad SMARTS) is 1. The lowest BCUT2D eigenvalue weighted by molar-refractivity contribution is -0.152. The SMILES string of the molecule is COc1ccc2ncc(CF)c(CCCC3(C(=O)O)CCN(CC#Cc4cc(F)c(F)c(F)c4)CC3)c2c1. The maximum absolute atomic E-state index is 13.8. The molecule has 1 N–H and O–H groups in total. The quantitative estimate of drug-likeness (QED) is 0.232. The van der Waals surface area contributed by atoms with Crippen molar-refractivity contribution in [3.8, 4) is 17.6 Å². The van der Waals surface area contributed by atoms with Crippen molar-refractivity contribution in [3.63, 3.8) is 0 Å². The van der Waals surface area contributed by atoms with Crippen LogP contribution in [0.25, 0.3) is 10.9 Å². The fraction of sp³-hybridized carbons (Fsp3) is 0.379. The van der Waals surface area contributed by atoms with Crippen LogP contribution in [0.3, 0.4) is 0 Å². The summed E-state index contributed by atoms with van der Waals surface area (Å²) in [6.07, 6.45) is 3.90. The second kappa shape index (κ2) is 11.8. The summed E-state index contributed by atoms with van der Waals surface area (Å²) in [4.78, 5) is 18.6. The summed E-state index contributed by atoms with van der Waals surface area (Å²) in [5, 5.41) is 10.9. The molecule has 1 fully saturated rings. The minimum absolute atomic E-state index is 0.0344. The zero-order valence-electron chi connectivity index (χ0n) is 21.0. The molecule has 0 unspecified atom stereocenters. The molecule has 0 aliphatic carbocycles. The van der Waals surface area contributed by atoms with Crippen LogP contribution in [0.2, 0.25) is 0 Å². The number of carboxylic acids is 1. The average Bonchev–Trinajstić information content (AvgIpc) is 2.92. The van der Waals surface area contributed by atoms with Gasteiger partial charge < -0.3 is 9.84 Å². The number of pyridine rings is 1. The van der Waals surface area contributed by atoms with Crippen LogP contribution in [-0.2, 0) is 17.9 Å². The van der Waals surface area contributed by atoms with E-state index in [1.54, 1.807) is 13.2 Å². The summed E-state index contributed by atoms with van der Waals surface area (Å²) in [5.74, 6) is 1.12. The third kappa shape index (κ3) is 5.91. The number of fused-ring (bicyclic) bond motifs is 1. The van der Waals surface area contributed by atoms with E-state index >= 15 is 0 Å². The van der Waals surface area contributed by atoms with Crippen molar-refractivity contribution in [1.29, 1.82) is 0 Å². The van der Waals surface area contributed by atoms with Crippen molar-refractivity contribution < 1.29 is 32.2 Å². The number of ether oxygens (including phenoxy) is 1. The highest BCUT2D eigenvalue weighted by atomic mass is 19.2. The van der Waals surface area contributed by atoms with Crippen LogP contribution in [-0.4, -0.2) is 47.7 Å². The summed E-state index contributed by atoms with van der Waals surface area (Å²) >= 11 is 0. The van der Waals surface area contributed by atoms with E-state index in [0.29, 0.717) is 63.1 Å². The molecular weight excluding hydrogens is 500 g/mol. The van der Waals surface area contributed by atoms with Gasteiger partial charge in [0.15, 0.2) is 17.5 Å². The lowest BCUT2D eigenvalue weighted by Gasteiger charge is -2.38. The number of nitrogens with zero attached hydrogens (tertiary/aromatic N) is 2. The molecule has 0 saturated carbocycles. The Bertz CT molecular complexity index is 1360. The van der Waals surface area contributed by atoms with Crippen LogP contribution in [0.5, 0.6) is 5.75 Å². The fourth-order valence-electron chi connectivity index (χ4n) is 5.00. The van der Waals surface area contributed by atoms with Gasteiger partial charge in [-0.05, 0) is 68.0 Å². The highest BCUT2D eigenvalue weighted by molar-refractivity contribution is 5.84. The Morgan fingerprint density at radius 2 is 1.87 bits per heavy atom. The van der Waals surface area contributed by atoms with E-state index in [9.17, 15) is 27.5 Å². The number of alkyl halides is 1. The number of hydrogen-bond donors (Lipinski definition) is 1. The molecule has 4 rings (SSSR count). The summed E-state index contributed by atoms with van der Waals surface area (Å²) in [6, 6.07) is 7.13. The maximum Gasteiger partial charge on any atom is 0.309 e. The average molecular weight is 529 g/mol. The number of piperidine rings is 1. The molecule has 2 aromatic carbocycles. The monoisotopic (exact) mass is 528 g/mol. The van der Waals surface area contributed by atoms with Gasteiger partial charge in [0.05, 0.1) is 24.6 Å². The van der Waals surface area contributed by atoms with Gasteiger partial charge in [0.1, 0.15) is 12.4 Å². The summed E-state index contributed by atoms with van der Waals surface area (Å²) in [6.45, 7) is 0.629. The van der Waals surface area contributed by atoms with E-state index in [1.165, 1.54) is 6.20 Å². The molecule has 2 heterocycles. The lowest BCUT2D eigenvalue weighted by atomic mass is 9.74. The van der Waals surface area contributed by atoms with Crippen molar-refractivity contribution in [1.82, 2.24) is 9.88 Å². The topological polar surface area (TPSA) is 62.7 Å². The van der Waals surface area contributed by atoms with Crippen molar-refractivity contribution in [2.45, 2.75) is 38.8 Å². The van der Waals surface area contributed by atoms with Gasteiger partial charge in [-0.25, -0.2) is 17.6 Å². The molecule has 3 aromatic rings. The first-order valence-corrected chi connectivity index (χ1v) is 12.4. The Morgan fingerprint density at radius 3 is 2.50 bits per heavy atom. The van der Waals surface area contributed by atoms with E-state index in [2.05, 4.69) is 16.8 Å². The molecule has 0 spiro atoms. The molecule has 200 valence electrons. The second-order valence-corrected chi connectivity index (χ2v) is 9.55. The van der Waals surface area contributed by atoms with Crippen LogP contribution in [0.4, 0.5) is 17.6 Å². The number of aliphatic carboxylic acids is 1. The second-order valence-electron chi connectivity index (χ2n) is 9.55. The van der Waals surface area contributed by atoms with Gasteiger partial charge in [-0.15, -0.1) is 0 Å². The molecule has 1 aliphatic rings. The number of methoxy groups -OCH3 is 1. The number of halogens is 4. The third-order valence-electron chi connectivity index (χ3n) is 7.29. The van der Waals surface area contributed by atoms with Crippen LogP contribution in [0.15, 0.2) is 36.5 Å². The van der Waals surface area contributed by atoms with Crippen LogP contribution in [0.1, 0.15) is 42.4 Å². The molecule has 0 amide bonds. The molecule has 1 aliphatic heterocycles. The highest BCUT2D eigenvalue weighted by Gasteiger charge is 2.40. The molecule has 5 nitrogen and oxygen atoms in total. The van der Waals surface area contributed by atoms with Crippen LogP contribution in [0, 0.1) is 34.7 Å². The van der Waals surface area contributed by atoms with Gasteiger partial charge in [0.25, 0.3) is 0 Å².